The number of carboxylic acid groups (broad SMARTS) is 1. The van der Waals surface area contributed by atoms with Crippen molar-refractivity contribution in [2.24, 2.45) is 0 Å². The Morgan fingerprint density at radius 2 is 1.54 bits per heavy atom. The van der Waals surface area contributed by atoms with Gasteiger partial charge < -0.3 is 19.8 Å². The van der Waals surface area contributed by atoms with Crippen LogP contribution in [0, 0.1) is 0 Å². The van der Waals surface area contributed by atoms with Gasteiger partial charge >= 0.3 is 5.97 Å². The van der Waals surface area contributed by atoms with Crippen LogP contribution in [-0.4, -0.2) is 65.2 Å². The van der Waals surface area contributed by atoms with E-state index < -0.39 is 17.7 Å². The zero-order valence-electron chi connectivity index (χ0n) is 16.3. The number of aliphatic carboxylic acids is 1. The average molecular weight is 347 g/mol. The topological polar surface area (TPSA) is 77.8 Å². The van der Waals surface area contributed by atoms with Crippen molar-refractivity contribution in [1.82, 2.24) is 0 Å². The van der Waals surface area contributed by atoms with E-state index in [1.807, 2.05) is 21.1 Å². The van der Waals surface area contributed by atoms with Gasteiger partial charge in [0.05, 0.1) is 33.7 Å². The normalized spacial score (nSPS) is 15.9. The van der Waals surface area contributed by atoms with E-state index in [9.17, 15) is 15.0 Å². The summed E-state index contributed by atoms with van der Waals surface area (Å²) in [4.78, 5) is 11.0. The summed E-state index contributed by atoms with van der Waals surface area (Å²) in [5, 5.41) is 29.8. The van der Waals surface area contributed by atoms with Crippen molar-refractivity contribution in [3.05, 3.63) is 0 Å². The zero-order chi connectivity index (χ0) is 18.6. The molecule has 5 nitrogen and oxygen atoms in total. The Hall–Kier alpha value is -0.650. The molecular formula is C19H40NO4+. The van der Waals surface area contributed by atoms with Gasteiger partial charge in [0.1, 0.15) is 12.1 Å². The van der Waals surface area contributed by atoms with Crippen molar-refractivity contribution in [3.8, 4) is 0 Å². The lowest BCUT2D eigenvalue weighted by Gasteiger charge is -2.35. The molecule has 0 aliphatic rings. The third-order valence-electron chi connectivity index (χ3n) is 4.33. The molecule has 2 unspecified atom stereocenters. The number of quaternary nitrogens is 1. The number of nitrogens with zero attached hydrogens (tertiary/aromatic N) is 1. The molecule has 5 heteroatoms. The second-order valence-electron chi connectivity index (χ2n) is 8.35. The molecule has 0 aromatic carbocycles. The van der Waals surface area contributed by atoms with Gasteiger partial charge in [-0.15, -0.1) is 0 Å². The maximum absolute atomic E-state index is 11.0. The highest BCUT2D eigenvalue weighted by Gasteiger charge is 2.36. The second-order valence-corrected chi connectivity index (χ2v) is 8.35. The lowest BCUT2D eigenvalue weighted by Crippen LogP contribution is -2.50. The zero-order valence-corrected chi connectivity index (χ0v) is 16.3. The molecule has 0 saturated heterocycles. The Balaban J connectivity index is 4.08. The molecule has 144 valence electrons. The summed E-state index contributed by atoms with van der Waals surface area (Å²) >= 11 is 0. The molecule has 0 spiro atoms. The first-order chi connectivity index (χ1) is 11.1. The maximum atomic E-state index is 11.0. The summed E-state index contributed by atoms with van der Waals surface area (Å²) in [6.07, 6.45) is 9.28. The number of aliphatic hydroxyl groups excluding tert-OH is 1. The molecule has 0 amide bonds. The minimum Gasteiger partial charge on any atom is -0.481 e. The second kappa shape index (κ2) is 11.8. The van der Waals surface area contributed by atoms with Crippen molar-refractivity contribution in [2.45, 2.75) is 89.3 Å². The van der Waals surface area contributed by atoms with Gasteiger partial charge in [-0.25, -0.2) is 0 Å². The SMILES string of the molecule is CCCCCCCCCC(O)CCC(O)(CC(=O)O)C[N+](C)(C)C. The molecular weight excluding hydrogens is 306 g/mol. The van der Waals surface area contributed by atoms with Crippen molar-refractivity contribution in [1.29, 1.82) is 0 Å². The van der Waals surface area contributed by atoms with E-state index in [0.29, 0.717) is 23.9 Å². The quantitative estimate of drug-likeness (QED) is 0.314. The molecule has 0 aromatic heterocycles. The molecule has 0 radical (unpaired) electrons. The molecule has 0 bridgehead atoms. The highest BCUT2D eigenvalue weighted by molar-refractivity contribution is 5.68. The number of carbonyl (C=O) groups is 1. The van der Waals surface area contributed by atoms with Gasteiger partial charge in [-0.05, 0) is 19.3 Å². The molecule has 3 N–H and O–H groups in total. The smallest absolute Gasteiger partial charge is 0.306 e. The highest BCUT2D eigenvalue weighted by atomic mass is 16.4. The van der Waals surface area contributed by atoms with E-state index in [0.717, 1.165) is 19.3 Å². The third-order valence-corrected chi connectivity index (χ3v) is 4.33. The van der Waals surface area contributed by atoms with Gasteiger partial charge in [0.25, 0.3) is 0 Å². The Morgan fingerprint density at radius 1 is 1.00 bits per heavy atom. The fourth-order valence-corrected chi connectivity index (χ4v) is 3.30. The number of aliphatic hydroxyl groups is 2. The summed E-state index contributed by atoms with van der Waals surface area (Å²) in [5.74, 6) is -0.993. The Bertz CT molecular complexity index is 341. The van der Waals surface area contributed by atoms with E-state index in [1.165, 1.54) is 32.1 Å². The van der Waals surface area contributed by atoms with Crippen LogP contribution in [0.2, 0.25) is 0 Å². The number of unbranched alkanes of at least 4 members (excludes halogenated alkanes) is 6. The molecule has 2 atom stereocenters. The molecule has 0 rings (SSSR count). The first kappa shape index (κ1) is 23.4. The first-order valence-corrected chi connectivity index (χ1v) is 9.51. The van der Waals surface area contributed by atoms with Crippen molar-refractivity contribution in [2.75, 3.05) is 27.7 Å². The van der Waals surface area contributed by atoms with Crippen molar-refractivity contribution >= 4 is 5.97 Å². The molecule has 0 saturated carbocycles. The summed E-state index contributed by atoms with van der Waals surface area (Å²) < 4.78 is 0.498. The van der Waals surface area contributed by atoms with Gasteiger partial charge in [-0.2, -0.15) is 0 Å². The Labute approximate surface area is 148 Å². The summed E-state index contributed by atoms with van der Waals surface area (Å²) in [5.41, 5.74) is -1.26. The number of rotatable bonds is 15. The predicted octanol–water partition coefficient (Wildman–Crippen LogP) is 3.18. The Morgan fingerprint density at radius 3 is 2.04 bits per heavy atom. The number of carboxylic acids is 1. The van der Waals surface area contributed by atoms with Crippen LogP contribution in [0.25, 0.3) is 0 Å². The van der Waals surface area contributed by atoms with Crippen LogP contribution in [0.1, 0.15) is 77.6 Å². The molecule has 0 heterocycles. The van der Waals surface area contributed by atoms with E-state index >= 15 is 0 Å². The van der Waals surface area contributed by atoms with Crippen LogP contribution in [0.3, 0.4) is 0 Å². The fraction of sp³-hybridized carbons (Fsp3) is 0.947. The standard InChI is InChI=1S/C19H39NO4/c1-5-6-7-8-9-10-11-12-17(21)13-14-19(24,15-18(22)23)16-20(2,3)4/h17,21,24H,5-16H2,1-4H3/p+1. The predicted molar refractivity (Wildman–Crippen MR) is 98.0 cm³/mol. The largest absolute Gasteiger partial charge is 0.481 e. The number of hydrogen-bond donors (Lipinski definition) is 3. The molecule has 0 aromatic rings. The van der Waals surface area contributed by atoms with E-state index in [-0.39, 0.29) is 6.42 Å². The first-order valence-electron chi connectivity index (χ1n) is 9.51. The van der Waals surface area contributed by atoms with Gasteiger partial charge in [-0.1, -0.05) is 51.9 Å². The van der Waals surface area contributed by atoms with Crippen LogP contribution < -0.4 is 0 Å². The monoisotopic (exact) mass is 346 g/mol. The van der Waals surface area contributed by atoms with E-state index in [2.05, 4.69) is 6.92 Å². The molecule has 24 heavy (non-hydrogen) atoms. The van der Waals surface area contributed by atoms with Gasteiger partial charge in [0.15, 0.2) is 0 Å². The van der Waals surface area contributed by atoms with Crippen molar-refractivity contribution < 1.29 is 24.6 Å². The van der Waals surface area contributed by atoms with E-state index in [1.54, 1.807) is 0 Å². The van der Waals surface area contributed by atoms with Crippen LogP contribution in [0.4, 0.5) is 0 Å². The molecule has 0 aliphatic carbocycles. The number of likely N-dealkylation sites (N-methyl/N-ethyl adjacent to an activating group) is 1. The van der Waals surface area contributed by atoms with Gasteiger partial charge in [-0.3, -0.25) is 4.79 Å². The maximum Gasteiger partial charge on any atom is 0.306 e. The van der Waals surface area contributed by atoms with E-state index in [4.69, 9.17) is 5.11 Å². The Kier molecular flexibility index (Phi) is 11.5. The lowest BCUT2D eigenvalue weighted by molar-refractivity contribution is -0.877. The minimum atomic E-state index is -1.26. The van der Waals surface area contributed by atoms with Crippen LogP contribution >= 0.6 is 0 Å². The molecule has 0 fully saturated rings. The summed E-state index contributed by atoms with van der Waals surface area (Å²) in [6, 6.07) is 0. The molecule has 0 aliphatic heterocycles. The van der Waals surface area contributed by atoms with Gasteiger partial charge in [0, 0.05) is 0 Å². The number of hydrogen-bond acceptors (Lipinski definition) is 3. The summed E-state index contributed by atoms with van der Waals surface area (Å²) in [6.45, 7) is 2.57. The van der Waals surface area contributed by atoms with Crippen LogP contribution in [-0.2, 0) is 4.79 Å². The minimum absolute atomic E-state index is 0.271. The summed E-state index contributed by atoms with van der Waals surface area (Å²) in [7, 11) is 5.80. The highest BCUT2D eigenvalue weighted by Crippen LogP contribution is 2.23. The average Bonchev–Trinajstić information content (AvgIpc) is 2.41. The third kappa shape index (κ3) is 13.8. The van der Waals surface area contributed by atoms with Crippen LogP contribution in [0.5, 0.6) is 0 Å². The lowest BCUT2D eigenvalue weighted by atomic mass is 9.90. The fourth-order valence-electron chi connectivity index (χ4n) is 3.30. The van der Waals surface area contributed by atoms with Crippen LogP contribution in [0.15, 0.2) is 0 Å². The van der Waals surface area contributed by atoms with Gasteiger partial charge in [0.2, 0.25) is 0 Å². The van der Waals surface area contributed by atoms with Crippen molar-refractivity contribution in [3.63, 3.8) is 0 Å².